The Morgan fingerprint density at radius 1 is 1.07 bits per heavy atom. The van der Waals surface area contributed by atoms with Gasteiger partial charge in [0.1, 0.15) is 18.4 Å². The number of hydrogen-bond donors (Lipinski definition) is 3. The van der Waals surface area contributed by atoms with E-state index in [1.807, 2.05) is 37.3 Å². The molecule has 1 atom stereocenters. The smallest absolute Gasteiger partial charge is 0.246 e. The molecule has 2 amide bonds. The van der Waals surface area contributed by atoms with Crippen LogP contribution < -0.4 is 21.1 Å². The molecule has 7 heteroatoms. The second-order valence-electron chi connectivity index (χ2n) is 6.22. The summed E-state index contributed by atoms with van der Waals surface area (Å²) in [6.45, 7) is 2.87. The minimum Gasteiger partial charge on any atom is -0.492 e. The first-order chi connectivity index (χ1) is 13.1. The van der Waals surface area contributed by atoms with Gasteiger partial charge in [0, 0.05) is 12.2 Å². The number of nitrogens with two attached hydrogens (primary N) is 1. The van der Waals surface area contributed by atoms with Crippen molar-refractivity contribution in [3.05, 3.63) is 60.2 Å². The Balaban J connectivity index is 0.00000392. The molecule has 0 aliphatic carbocycles. The van der Waals surface area contributed by atoms with Gasteiger partial charge in [-0.3, -0.25) is 9.59 Å². The summed E-state index contributed by atoms with van der Waals surface area (Å²) in [6.07, 6.45) is 1.61. The van der Waals surface area contributed by atoms with Gasteiger partial charge in [0.05, 0.1) is 6.42 Å². The minimum absolute atomic E-state index is 0. The highest BCUT2D eigenvalue weighted by atomic mass is 35.5. The van der Waals surface area contributed by atoms with Crippen molar-refractivity contribution in [3.8, 4) is 5.75 Å². The Bertz CT molecular complexity index is 723. The molecular formula is C21H28ClN3O3. The number of anilines is 1. The third-order valence-corrected chi connectivity index (χ3v) is 3.94. The summed E-state index contributed by atoms with van der Waals surface area (Å²) in [7, 11) is 0. The number of benzene rings is 2. The van der Waals surface area contributed by atoms with Crippen molar-refractivity contribution in [1.82, 2.24) is 5.32 Å². The van der Waals surface area contributed by atoms with Crippen LogP contribution in [0.25, 0.3) is 0 Å². The van der Waals surface area contributed by atoms with Gasteiger partial charge in [-0.15, -0.1) is 12.4 Å². The molecule has 2 aromatic rings. The van der Waals surface area contributed by atoms with Crippen LogP contribution in [-0.2, 0) is 16.0 Å². The van der Waals surface area contributed by atoms with Crippen LogP contribution >= 0.6 is 12.4 Å². The van der Waals surface area contributed by atoms with Gasteiger partial charge in [0.15, 0.2) is 0 Å². The number of nitrogens with one attached hydrogen (secondary N) is 2. The Morgan fingerprint density at radius 3 is 2.36 bits per heavy atom. The molecule has 0 fully saturated rings. The zero-order chi connectivity index (χ0) is 19.5. The van der Waals surface area contributed by atoms with Gasteiger partial charge in [-0.05, 0) is 36.2 Å². The first kappa shape index (κ1) is 23.5. The van der Waals surface area contributed by atoms with Crippen molar-refractivity contribution in [1.29, 1.82) is 0 Å². The zero-order valence-electron chi connectivity index (χ0n) is 16.0. The van der Waals surface area contributed by atoms with E-state index in [1.54, 1.807) is 24.3 Å². The summed E-state index contributed by atoms with van der Waals surface area (Å²) in [5.41, 5.74) is 6.97. The lowest BCUT2D eigenvalue weighted by atomic mass is 10.1. The van der Waals surface area contributed by atoms with Crippen molar-refractivity contribution in [2.24, 2.45) is 5.73 Å². The average Bonchev–Trinajstić information content (AvgIpc) is 2.68. The summed E-state index contributed by atoms with van der Waals surface area (Å²) in [6, 6.07) is 16.0. The molecule has 0 saturated carbocycles. The highest BCUT2D eigenvalue weighted by molar-refractivity contribution is 5.97. The Labute approximate surface area is 172 Å². The largest absolute Gasteiger partial charge is 0.492 e. The van der Waals surface area contributed by atoms with Crippen molar-refractivity contribution in [3.63, 3.8) is 0 Å². The van der Waals surface area contributed by atoms with E-state index in [0.717, 1.165) is 12.0 Å². The maximum atomic E-state index is 12.6. The first-order valence-corrected chi connectivity index (χ1v) is 9.19. The van der Waals surface area contributed by atoms with E-state index in [9.17, 15) is 9.59 Å². The molecule has 28 heavy (non-hydrogen) atoms. The SMILES string of the molecule is CCCC(NC(=O)Cc1ccccc1)C(=O)Nc1ccc(OCCN)cc1.Cl. The number of halogens is 1. The molecule has 0 aromatic heterocycles. The van der Waals surface area contributed by atoms with E-state index >= 15 is 0 Å². The van der Waals surface area contributed by atoms with Crippen molar-refractivity contribution in [2.45, 2.75) is 32.2 Å². The van der Waals surface area contributed by atoms with Crippen LogP contribution in [0, 0.1) is 0 Å². The number of hydrogen-bond acceptors (Lipinski definition) is 4. The summed E-state index contributed by atoms with van der Waals surface area (Å²) in [5, 5.41) is 5.68. The average molecular weight is 406 g/mol. The fourth-order valence-corrected chi connectivity index (χ4v) is 2.62. The van der Waals surface area contributed by atoms with Gasteiger partial charge in [-0.2, -0.15) is 0 Å². The first-order valence-electron chi connectivity index (χ1n) is 9.19. The molecule has 0 radical (unpaired) electrons. The lowest BCUT2D eigenvalue weighted by molar-refractivity contribution is -0.126. The van der Waals surface area contributed by atoms with Crippen LogP contribution in [-0.4, -0.2) is 31.0 Å². The minimum atomic E-state index is -0.570. The molecule has 0 saturated heterocycles. The number of ether oxygens (including phenoxy) is 1. The second kappa shape index (κ2) is 12.8. The number of carbonyl (C=O) groups excluding carboxylic acids is 2. The van der Waals surface area contributed by atoms with Crippen LogP contribution in [0.1, 0.15) is 25.3 Å². The van der Waals surface area contributed by atoms with Crippen LogP contribution in [0.3, 0.4) is 0 Å². The molecule has 152 valence electrons. The van der Waals surface area contributed by atoms with Crippen LogP contribution in [0.15, 0.2) is 54.6 Å². The quantitative estimate of drug-likeness (QED) is 0.566. The Hall–Kier alpha value is -2.57. The third kappa shape index (κ3) is 7.98. The van der Waals surface area contributed by atoms with E-state index in [2.05, 4.69) is 10.6 Å². The molecule has 1 unspecified atom stereocenters. The lowest BCUT2D eigenvalue weighted by Gasteiger charge is -2.18. The van der Waals surface area contributed by atoms with Gasteiger partial charge < -0.3 is 21.1 Å². The van der Waals surface area contributed by atoms with Crippen LogP contribution in [0.4, 0.5) is 5.69 Å². The molecule has 0 heterocycles. The second-order valence-corrected chi connectivity index (χ2v) is 6.22. The number of amides is 2. The van der Waals surface area contributed by atoms with E-state index < -0.39 is 6.04 Å². The standard InChI is InChI=1S/C21H27N3O3.ClH/c1-2-6-19(24-20(25)15-16-7-4-3-5-8-16)21(26)23-17-9-11-18(12-10-17)27-14-13-22;/h3-5,7-12,19H,2,6,13-15,22H2,1H3,(H,23,26)(H,24,25);1H. The fourth-order valence-electron chi connectivity index (χ4n) is 2.62. The normalized spacial score (nSPS) is 11.1. The van der Waals surface area contributed by atoms with Crippen molar-refractivity contribution < 1.29 is 14.3 Å². The molecule has 0 aliphatic heterocycles. The van der Waals surface area contributed by atoms with E-state index in [-0.39, 0.29) is 30.6 Å². The summed E-state index contributed by atoms with van der Waals surface area (Å²) < 4.78 is 5.42. The molecule has 4 N–H and O–H groups in total. The van der Waals surface area contributed by atoms with Gasteiger partial charge in [-0.1, -0.05) is 43.7 Å². The monoisotopic (exact) mass is 405 g/mol. The van der Waals surface area contributed by atoms with Crippen LogP contribution in [0.5, 0.6) is 5.75 Å². The highest BCUT2D eigenvalue weighted by Crippen LogP contribution is 2.16. The molecule has 2 rings (SSSR count). The predicted octanol–water partition coefficient (Wildman–Crippen LogP) is 2.91. The molecule has 6 nitrogen and oxygen atoms in total. The van der Waals surface area contributed by atoms with Crippen molar-refractivity contribution in [2.75, 3.05) is 18.5 Å². The van der Waals surface area contributed by atoms with Gasteiger partial charge in [0.2, 0.25) is 11.8 Å². The predicted molar refractivity (Wildman–Crippen MR) is 114 cm³/mol. The maximum Gasteiger partial charge on any atom is 0.246 e. The fraction of sp³-hybridized carbons (Fsp3) is 0.333. The van der Waals surface area contributed by atoms with Crippen LogP contribution in [0.2, 0.25) is 0 Å². The summed E-state index contributed by atoms with van der Waals surface area (Å²) in [4.78, 5) is 24.9. The maximum absolute atomic E-state index is 12.6. The molecule has 2 aromatic carbocycles. The van der Waals surface area contributed by atoms with Gasteiger partial charge in [-0.25, -0.2) is 0 Å². The zero-order valence-corrected chi connectivity index (χ0v) is 16.8. The highest BCUT2D eigenvalue weighted by Gasteiger charge is 2.20. The molecular weight excluding hydrogens is 378 g/mol. The molecule has 0 spiro atoms. The Kier molecular flexibility index (Phi) is 10.7. The van der Waals surface area contributed by atoms with Gasteiger partial charge >= 0.3 is 0 Å². The summed E-state index contributed by atoms with van der Waals surface area (Å²) in [5.74, 6) is 0.300. The number of carbonyl (C=O) groups is 2. The van der Waals surface area contributed by atoms with E-state index in [0.29, 0.717) is 31.0 Å². The van der Waals surface area contributed by atoms with Crippen molar-refractivity contribution >= 4 is 29.9 Å². The molecule has 0 bridgehead atoms. The molecule has 0 aliphatic rings. The topological polar surface area (TPSA) is 93.5 Å². The number of rotatable bonds is 10. The van der Waals surface area contributed by atoms with E-state index in [4.69, 9.17) is 10.5 Å². The lowest BCUT2D eigenvalue weighted by Crippen LogP contribution is -2.44. The van der Waals surface area contributed by atoms with Gasteiger partial charge in [0.25, 0.3) is 0 Å². The Morgan fingerprint density at radius 2 is 1.75 bits per heavy atom. The summed E-state index contributed by atoms with van der Waals surface area (Å²) >= 11 is 0. The third-order valence-electron chi connectivity index (χ3n) is 3.94. The van der Waals surface area contributed by atoms with E-state index in [1.165, 1.54) is 0 Å².